The molecule has 0 saturated heterocycles. The number of para-hydroxylation sites is 1. The van der Waals surface area contributed by atoms with Crippen LogP contribution in [0.25, 0.3) is 105 Å². The first-order chi connectivity index (χ1) is 47.6. The van der Waals surface area contributed by atoms with Crippen molar-refractivity contribution in [2.75, 3.05) is 9.80 Å². The maximum Gasteiger partial charge on any atom is 0.252 e. The lowest BCUT2D eigenvalue weighted by molar-refractivity contribution is 0.590. The summed E-state index contributed by atoms with van der Waals surface area (Å²) in [5, 5.41) is 7.49. The molecule has 98 heavy (non-hydrogen) atoms. The quantitative estimate of drug-likeness (QED) is 0.127. The van der Waals surface area contributed by atoms with Gasteiger partial charge in [0.25, 0.3) is 6.71 Å². The molecule has 18 rings (SSSR count). The van der Waals surface area contributed by atoms with E-state index in [4.69, 9.17) is 0 Å². The molecule has 1 aliphatic carbocycles. The van der Waals surface area contributed by atoms with Crippen LogP contribution >= 0.6 is 0 Å². The van der Waals surface area contributed by atoms with Crippen LogP contribution in [0.3, 0.4) is 0 Å². The Hall–Kier alpha value is -11.1. The van der Waals surface area contributed by atoms with E-state index in [2.05, 4.69) is 367 Å². The fourth-order valence-corrected chi connectivity index (χ4v) is 16.2. The highest BCUT2D eigenvalue weighted by atomic mass is 15.2. The minimum absolute atomic E-state index is 0.171. The summed E-state index contributed by atoms with van der Waals surface area (Å²) in [5.74, 6) is 0.758. The van der Waals surface area contributed by atoms with Crippen LogP contribution < -0.4 is 36.6 Å². The number of benzene rings is 13. The molecule has 0 bridgehead atoms. The van der Waals surface area contributed by atoms with Crippen molar-refractivity contribution in [2.45, 2.75) is 91.9 Å². The van der Waals surface area contributed by atoms with E-state index >= 15 is 0 Å². The van der Waals surface area contributed by atoms with Gasteiger partial charge in [0.1, 0.15) is 0 Å². The Bertz CT molecular complexity index is 5750. The average molecular weight is 1260 g/mol. The van der Waals surface area contributed by atoms with E-state index in [1.165, 1.54) is 115 Å². The molecule has 13 aromatic carbocycles. The van der Waals surface area contributed by atoms with Crippen molar-refractivity contribution in [1.29, 1.82) is 0 Å². The molecule has 472 valence electrons. The van der Waals surface area contributed by atoms with Crippen LogP contribution in [0, 0.1) is 0 Å². The Morgan fingerprint density at radius 2 is 0.724 bits per heavy atom. The van der Waals surface area contributed by atoms with Gasteiger partial charge in [0.15, 0.2) is 0 Å². The molecule has 0 fully saturated rings. The highest BCUT2D eigenvalue weighted by Gasteiger charge is 2.46. The summed E-state index contributed by atoms with van der Waals surface area (Å²) in [6, 6.07) is 105. The van der Waals surface area contributed by atoms with Gasteiger partial charge in [-0.15, -0.1) is 5.73 Å². The molecular formula is C93H77BN4. The zero-order chi connectivity index (χ0) is 66.6. The summed E-state index contributed by atoms with van der Waals surface area (Å²) in [7, 11) is 0. The van der Waals surface area contributed by atoms with E-state index in [0.29, 0.717) is 11.8 Å². The summed E-state index contributed by atoms with van der Waals surface area (Å²) >= 11 is 0. The van der Waals surface area contributed by atoms with Crippen molar-refractivity contribution in [3.63, 3.8) is 0 Å². The van der Waals surface area contributed by atoms with Gasteiger partial charge in [0.05, 0.1) is 33.4 Å². The summed E-state index contributed by atoms with van der Waals surface area (Å²) in [5.41, 5.74) is 35.5. The molecule has 4 nitrogen and oxygen atoms in total. The second-order valence-corrected chi connectivity index (χ2v) is 30.2. The molecule has 0 amide bonds. The van der Waals surface area contributed by atoms with Gasteiger partial charge >= 0.3 is 0 Å². The molecule has 0 saturated carbocycles. The number of hydrogen-bond acceptors (Lipinski definition) is 2. The molecule has 0 unspecified atom stereocenters. The SMILES string of the molecule is CC(C)c1ccc2c(c1)c1cc(C(C)C)ccc1n2-c1ccc2c(c1)N(c1c(-c3ccccc3)cc(C(C)(C)C)cc1-c1ccccc1)c1cccc3c1B2c1ccc(-n2c4ccccc4c4c5c(ccc42)=C=5)cc1N3c1c(-c2ccccc2)cc(C(C)(C)C)cc1-c1ccccc1. The monoisotopic (exact) mass is 1260 g/mol. The van der Waals surface area contributed by atoms with E-state index in [1.807, 2.05) is 0 Å². The van der Waals surface area contributed by atoms with Crippen LogP contribution in [0.4, 0.5) is 34.1 Å². The molecule has 2 aliphatic heterocycles. The summed E-state index contributed by atoms with van der Waals surface area (Å²) < 4.78 is 5.06. The molecule has 0 N–H and O–H groups in total. The first kappa shape index (κ1) is 59.4. The van der Waals surface area contributed by atoms with E-state index in [-0.39, 0.29) is 17.5 Å². The van der Waals surface area contributed by atoms with Gasteiger partial charge in [0.2, 0.25) is 0 Å². The molecule has 2 aromatic heterocycles. The fraction of sp³-hybridized carbons (Fsp3) is 0.151. The van der Waals surface area contributed by atoms with Gasteiger partial charge in [-0.25, -0.2) is 0 Å². The summed E-state index contributed by atoms with van der Waals surface area (Å²) in [4.78, 5) is 5.39. The standard InChI is InChI=1S/C93H77BN4/c1-57(2)63-38-45-81-76(48-63)77-49-64(58(3)4)39-46-82(77)95(81)68-41-43-78-86(55-68)97(90-72(59-26-15-11-16-27-59)51-66(92(5,6)7)52-73(90)60-28-17-12-18-29-60)84-36-25-37-85-89(84)94(78)79-44-42-69(96-80-35-24-23-34-70(80)88-71-50-65(71)40-47-83(88)96)56-87(79)98(85)91-74(61-30-19-13-20-31-61)53-67(93(8,9)10)54-75(91)62-32-21-14-22-33-62/h11-49,51-58H,1-10H3. The van der Waals surface area contributed by atoms with E-state index in [0.717, 1.165) is 67.8 Å². The highest BCUT2D eigenvalue weighted by Crippen LogP contribution is 2.55. The van der Waals surface area contributed by atoms with Crippen LogP contribution in [0.5, 0.6) is 0 Å². The van der Waals surface area contributed by atoms with Crippen molar-refractivity contribution in [1.82, 2.24) is 9.13 Å². The molecule has 0 radical (unpaired) electrons. The molecule has 0 spiro atoms. The second-order valence-electron chi connectivity index (χ2n) is 30.2. The maximum atomic E-state index is 3.64. The zero-order valence-corrected chi connectivity index (χ0v) is 57.5. The maximum absolute atomic E-state index is 3.64. The van der Waals surface area contributed by atoms with Gasteiger partial charge in [-0.05, 0) is 187 Å². The summed E-state index contributed by atoms with van der Waals surface area (Å²) in [6.45, 7) is 23.2. The van der Waals surface area contributed by atoms with Crippen LogP contribution in [0.15, 0.2) is 273 Å². The number of rotatable bonds is 10. The van der Waals surface area contributed by atoms with Crippen LogP contribution in [-0.4, -0.2) is 15.8 Å². The Balaban J connectivity index is 0.999. The number of hydrogen-bond donors (Lipinski definition) is 0. The molecule has 15 aromatic rings. The molecule has 0 atom stereocenters. The first-order valence-electron chi connectivity index (χ1n) is 35.1. The Kier molecular flexibility index (Phi) is 13.5. The van der Waals surface area contributed by atoms with Gasteiger partial charge in [-0.3, -0.25) is 0 Å². The minimum atomic E-state index is -0.204. The molecular weight excluding hydrogens is 1180 g/mol. The summed E-state index contributed by atoms with van der Waals surface area (Å²) in [6.07, 6.45) is 0. The lowest BCUT2D eigenvalue weighted by atomic mass is 9.33. The van der Waals surface area contributed by atoms with Crippen molar-refractivity contribution >= 4 is 107 Å². The molecule has 3 aliphatic rings. The van der Waals surface area contributed by atoms with Gasteiger partial charge in [0, 0.05) is 88.4 Å². The Labute approximate surface area is 575 Å². The first-order valence-corrected chi connectivity index (χ1v) is 35.1. The van der Waals surface area contributed by atoms with Gasteiger partial charge in [-0.2, -0.15) is 0 Å². The van der Waals surface area contributed by atoms with Crippen molar-refractivity contribution in [2.24, 2.45) is 0 Å². The number of fused-ring (bicyclic) bond motifs is 12. The van der Waals surface area contributed by atoms with Crippen molar-refractivity contribution in [3.05, 3.63) is 306 Å². The fourth-order valence-electron chi connectivity index (χ4n) is 16.2. The number of anilines is 6. The third-order valence-electron chi connectivity index (χ3n) is 21.4. The van der Waals surface area contributed by atoms with E-state index in [9.17, 15) is 0 Å². The Morgan fingerprint density at radius 3 is 1.14 bits per heavy atom. The lowest BCUT2D eigenvalue weighted by Crippen LogP contribution is -2.61. The second kappa shape index (κ2) is 22.2. The molecule has 4 heterocycles. The highest BCUT2D eigenvalue weighted by molar-refractivity contribution is 7.00. The smallest absolute Gasteiger partial charge is 0.252 e. The average Bonchev–Trinajstić information content (AvgIpc) is 0.986. The van der Waals surface area contributed by atoms with E-state index in [1.54, 1.807) is 0 Å². The normalized spacial score (nSPS) is 13.1. The predicted molar refractivity (Wildman–Crippen MR) is 418 cm³/mol. The van der Waals surface area contributed by atoms with Crippen LogP contribution in [-0.2, 0) is 10.8 Å². The lowest BCUT2D eigenvalue weighted by Gasteiger charge is -2.46. The minimum Gasteiger partial charge on any atom is -0.310 e. The van der Waals surface area contributed by atoms with Crippen molar-refractivity contribution in [3.8, 4) is 55.9 Å². The van der Waals surface area contributed by atoms with Gasteiger partial charge in [-0.1, -0.05) is 239 Å². The number of aromatic nitrogens is 2. The zero-order valence-electron chi connectivity index (χ0n) is 57.5. The number of nitrogens with zero attached hydrogens (tertiary/aromatic N) is 4. The predicted octanol–water partition coefficient (Wildman–Crippen LogP) is 21.5. The Morgan fingerprint density at radius 1 is 0.337 bits per heavy atom. The topological polar surface area (TPSA) is 16.3 Å². The van der Waals surface area contributed by atoms with Crippen LogP contribution in [0.1, 0.15) is 103 Å². The largest absolute Gasteiger partial charge is 0.310 e. The van der Waals surface area contributed by atoms with Crippen LogP contribution in [0.2, 0.25) is 0 Å². The van der Waals surface area contributed by atoms with Crippen molar-refractivity contribution < 1.29 is 0 Å². The molecule has 5 heteroatoms. The third kappa shape index (κ3) is 9.35. The third-order valence-corrected chi connectivity index (χ3v) is 21.4. The van der Waals surface area contributed by atoms with Gasteiger partial charge < -0.3 is 18.9 Å². The van der Waals surface area contributed by atoms with E-state index < -0.39 is 0 Å².